The fraction of sp³-hybridized carbons (Fsp3) is 0. The van der Waals surface area contributed by atoms with Crippen molar-refractivity contribution >= 4 is 54.4 Å². The van der Waals surface area contributed by atoms with Gasteiger partial charge in [0.2, 0.25) is 0 Å². The molecular formula is C38H24N4. The maximum Gasteiger partial charge on any atom is 0.163 e. The van der Waals surface area contributed by atoms with Gasteiger partial charge in [0.15, 0.2) is 5.82 Å². The maximum atomic E-state index is 5.26. The van der Waals surface area contributed by atoms with Gasteiger partial charge in [-0.25, -0.2) is 9.97 Å². The van der Waals surface area contributed by atoms with Crippen LogP contribution in [0.3, 0.4) is 0 Å². The van der Waals surface area contributed by atoms with Crippen molar-refractivity contribution in [3.63, 3.8) is 0 Å². The van der Waals surface area contributed by atoms with E-state index in [0.29, 0.717) is 5.82 Å². The average molecular weight is 537 g/mol. The van der Waals surface area contributed by atoms with Gasteiger partial charge in [0.05, 0.1) is 22.1 Å². The second kappa shape index (κ2) is 8.88. The zero-order chi connectivity index (χ0) is 27.6. The summed E-state index contributed by atoms with van der Waals surface area (Å²) in [5.74, 6) is 2.36. The van der Waals surface area contributed by atoms with E-state index in [1.54, 1.807) is 0 Å². The smallest absolute Gasteiger partial charge is 0.163 e. The highest BCUT2D eigenvalue weighted by molar-refractivity contribution is 6.10. The van der Waals surface area contributed by atoms with Crippen LogP contribution in [0.5, 0.6) is 0 Å². The predicted molar refractivity (Wildman–Crippen MR) is 174 cm³/mol. The minimum Gasteiger partial charge on any atom is -0.294 e. The molecule has 0 aliphatic heterocycles. The monoisotopic (exact) mass is 536 g/mol. The molecule has 0 saturated heterocycles. The largest absolute Gasteiger partial charge is 0.294 e. The SMILES string of the molecule is c1ccc2cc(-c3nc(-n4c5ccccc5c5ccccc54)cc(-n4c5ccccc5c5ccccc54)n3)ccc2c1. The molecule has 0 fully saturated rings. The lowest BCUT2D eigenvalue weighted by Gasteiger charge is -2.14. The summed E-state index contributed by atoms with van der Waals surface area (Å²) in [5.41, 5.74) is 5.47. The van der Waals surface area contributed by atoms with E-state index in [1.165, 1.54) is 32.3 Å². The number of fused-ring (bicyclic) bond motifs is 7. The van der Waals surface area contributed by atoms with Crippen LogP contribution in [-0.4, -0.2) is 19.1 Å². The Hall–Kier alpha value is -5.74. The highest BCUT2D eigenvalue weighted by Crippen LogP contribution is 2.35. The van der Waals surface area contributed by atoms with Gasteiger partial charge in [-0.05, 0) is 41.1 Å². The Morgan fingerprint density at radius 3 is 1.24 bits per heavy atom. The topological polar surface area (TPSA) is 35.6 Å². The van der Waals surface area contributed by atoms with Crippen molar-refractivity contribution in [2.75, 3.05) is 0 Å². The summed E-state index contributed by atoms with van der Waals surface area (Å²) in [6.07, 6.45) is 0. The molecule has 9 rings (SSSR count). The first-order chi connectivity index (χ1) is 20.8. The number of rotatable bonds is 3. The highest BCUT2D eigenvalue weighted by Gasteiger charge is 2.19. The zero-order valence-corrected chi connectivity index (χ0v) is 22.6. The van der Waals surface area contributed by atoms with Crippen LogP contribution >= 0.6 is 0 Å². The molecule has 0 N–H and O–H groups in total. The first-order valence-electron chi connectivity index (χ1n) is 14.2. The number of hydrogen-bond donors (Lipinski definition) is 0. The van der Waals surface area contributed by atoms with E-state index in [0.717, 1.165) is 39.3 Å². The number of para-hydroxylation sites is 4. The Morgan fingerprint density at radius 1 is 0.357 bits per heavy atom. The fourth-order valence-electron chi connectivity index (χ4n) is 6.45. The van der Waals surface area contributed by atoms with E-state index in [2.05, 4.69) is 155 Å². The van der Waals surface area contributed by atoms with E-state index in [1.807, 2.05) is 0 Å². The lowest BCUT2D eigenvalue weighted by Crippen LogP contribution is -2.06. The standard InChI is InChI=1S/C38H24N4/c1-2-12-26-23-27(22-21-25(26)11-1)38-39-36(41-32-17-7-3-13-28(32)29-14-4-8-18-33(29)41)24-37(40-38)42-34-19-9-5-15-30(34)31-16-6-10-20-35(31)42/h1-24H. The van der Waals surface area contributed by atoms with Crippen LogP contribution in [0.1, 0.15) is 0 Å². The first-order valence-corrected chi connectivity index (χ1v) is 14.2. The molecule has 9 aromatic rings. The minimum atomic E-state index is 0.692. The second-order valence-corrected chi connectivity index (χ2v) is 10.7. The van der Waals surface area contributed by atoms with Crippen LogP contribution in [-0.2, 0) is 0 Å². The van der Waals surface area contributed by atoms with Crippen molar-refractivity contribution in [2.45, 2.75) is 0 Å². The Morgan fingerprint density at radius 2 is 0.762 bits per heavy atom. The summed E-state index contributed by atoms with van der Waals surface area (Å²) in [7, 11) is 0. The van der Waals surface area contributed by atoms with Crippen LogP contribution in [0.15, 0.2) is 146 Å². The molecule has 0 bridgehead atoms. The third kappa shape index (κ3) is 3.36. The molecule has 3 aromatic heterocycles. The van der Waals surface area contributed by atoms with Gasteiger partial charge in [-0.2, -0.15) is 0 Å². The normalized spacial score (nSPS) is 11.8. The van der Waals surface area contributed by atoms with Crippen LogP contribution in [0.2, 0.25) is 0 Å². The van der Waals surface area contributed by atoms with Crippen molar-refractivity contribution in [2.24, 2.45) is 0 Å². The molecule has 4 nitrogen and oxygen atoms in total. The van der Waals surface area contributed by atoms with E-state index in [-0.39, 0.29) is 0 Å². The number of nitrogens with zero attached hydrogens (tertiary/aromatic N) is 4. The molecule has 0 spiro atoms. The van der Waals surface area contributed by atoms with Gasteiger partial charge in [0.25, 0.3) is 0 Å². The maximum absolute atomic E-state index is 5.26. The number of hydrogen-bond acceptors (Lipinski definition) is 2. The Bertz CT molecular complexity index is 2240. The highest BCUT2D eigenvalue weighted by atomic mass is 15.1. The summed E-state index contributed by atoms with van der Waals surface area (Å²) in [6.45, 7) is 0. The summed E-state index contributed by atoms with van der Waals surface area (Å²) in [6, 6.07) is 51.3. The van der Waals surface area contributed by atoms with Gasteiger partial charge in [-0.15, -0.1) is 0 Å². The summed E-state index contributed by atoms with van der Waals surface area (Å²) < 4.78 is 4.54. The molecular weight excluding hydrogens is 512 g/mol. The third-order valence-electron chi connectivity index (χ3n) is 8.33. The van der Waals surface area contributed by atoms with Crippen LogP contribution in [0.25, 0.3) is 77.4 Å². The Kier molecular flexibility index (Phi) is 4.87. The zero-order valence-electron chi connectivity index (χ0n) is 22.6. The summed E-state index contributed by atoms with van der Waals surface area (Å²) in [5, 5.41) is 7.19. The van der Waals surface area contributed by atoms with Crippen molar-refractivity contribution in [1.82, 2.24) is 19.1 Å². The predicted octanol–water partition coefficient (Wildman–Crippen LogP) is 9.49. The quantitative estimate of drug-likeness (QED) is 0.225. The van der Waals surface area contributed by atoms with Crippen molar-refractivity contribution in [1.29, 1.82) is 0 Å². The van der Waals surface area contributed by atoms with E-state index < -0.39 is 0 Å². The summed E-state index contributed by atoms with van der Waals surface area (Å²) in [4.78, 5) is 10.5. The van der Waals surface area contributed by atoms with E-state index >= 15 is 0 Å². The molecule has 42 heavy (non-hydrogen) atoms. The van der Waals surface area contributed by atoms with Crippen molar-refractivity contribution in [3.8, 4) is 23.0 Å². The third-order valence-corrected chi connectivity index (χ3v) is 8.33. The average Bonchev–Trinajstić information content (AvgIpc) is 3.58. The number of benzene rings is 6. The van der Waals surface area contributed by atoms with Gasteiger partial charge in [0, 0.05) is 33.2 Å². The molecule has 0 amide bonds. The molecule has 0 aliphatic carbocycles. The van der Waals surface area contributed by atoms with Gasteiger partial charge in [-0.3, -0.25) is 9.13 Å². The molecule has 4 heteroatoms. The first kappa shape index (κ1) is 23.0. The second-order valence-electron chi connectivity index (χ2n) is 10.7. The van der Waals surface area contributed by atoms with Gasteiger partial charge in [-0.1, -0.05) is 109 Å². The Labute approximate surface area is 241 Å². The molecule has 6 aromatic carbocycles. The van der Waals surface area contributed by atoms with E-state index in [9.17, 15) is 0 Å². The van der Waals surface area contributed by atoms with Gasteiger partial charge >= 0.3 is 0 Å². The summed E-state index contributed by atoms with van der Waals surface area (Å²) >= 11 is 0. The molecule has 0 unspecified atom stereocenters. The molecule has 0 radical (unpaired) electrons. The molecule has 0 aliphatic rings. The van der Waals surface area contributed by atoms with Crippen LogP contribution in [0.4, 0.5) is 0 Å². The molecule has 196 valence electrons. The number of aromatic nitrogens is 4. The van der Waals surface area contributed by atoms with E-state index in [4.69, 9.17) is 9.97 Å². The molecule has 0 saturated carbocycles. The van der Waals surface area contributed by atoms with Crippen molar-refractivity contribution in [3.05, 3.63) is 146 Å². The van der Waals surface area contributed by atoms with Gasteiger partial charge < -0.3 is 0 Å². The molecule has 3 heterocycles. The minimum absolute atomic E-state index is 0.692. The van der Waals surface area contributed by atoms with Crippen LogP contribution < -0.4 is 0 Å². The lowest BCUT2D eigenvalue weighted by molar-refractivity contribution is 0.994. The fourth-order valence-corrected chi connectivity index (χ4v) is 6.45. The van der Waals surface area contributed by atoms with Crippen LogP contribution in [0, 0.1) is 0 Å². The lowest BCUT2D eigenvalue weighted by atomic mass is 10.1. The Balaban J connectivity index is 1.41. The van der Waals surface area contributed by atoms with Crippen molar-refractivity contribution < 1.29 is 0 Å². The van der Waals surface area contributed by atoms with Gasteiger partial charge in [0.1, 0.15) is 11.6 Å². The molecule has 0 atom stereocenters.